The number of methoxy groups -OCH3 is 1. The fourth-order valence-corrected chi connectivity index (χ4v) is 3.64. The van der Waals surface area contributed by atoms with Crippen LogP contribution in [0.2, 0.25) is 0 Å². The summed E-state index contributed by atoms with van der Waals surface area (Å²) >= 11 is 0. The number of hydrogen-bond acceptors (Lipinski definition) is 4. The molecule has 0 aromatic heterocycles. The van der Waals surface area contributed by atoms with Gasteiger partial charge in [0.25, 0.3) is 11.8 Å². The molecule has 4 rings (SSSR count). The molecule has 0 bridgehead atoms. The molecule has 32 heavy (non-hydrogen) atoms. The number of hydrogen-bond donors (Lipinski definition) is 1. The van der Waals surface area contributed by atoms with E-state index in [0.717, 1.165) is 16.8 Å². The molecular weight excluding hydrogens is 407 g/mol. The second-order valence-electron chi connectivity index (χ2n) is 7.74. The van der Waals surface area contributed by atoms with Crippen LogP contribution < -0.4 is 10.1 Å². The number of imide groups is 1. The summed E-state index contributed by atoms with van der Waals surface area (Å²) < 4.78 is 18.5. The van der Waals surface area contributed by atoms with Crippen molar-refractivity contribution in [1.29, 1.82) is 0 Å². The number of carbonyl (C=O) groups excluding carboxylic acids is 2. The summed E-state index contributed by atoms with van der Waals surface area (Å²) in [6.07, 6.45) is 0. The van der Waals surface area contributed by atoms with E-state index >= 15 is 0 Å². The van der Waals surface area contributed by atoms with Crippen LogP contribution in [0, 0.1) is 19.7 Å². The van der Waals surface area contributed by atoms with Gasteiger partial charge in [-0.15, -0.1) is 0 Å². The number of amides is 2. The molecule has 0 radical (unpaired) electrons. The number of carbonyl (C=O) groups is 2. The standard InChI is InChI=1S/C26H23FN2O3/c1-16-4-5-17(2)22(14-16)28-24-23(19-8-12-21(32-3)13-9-19)25(30)29(26(24)31)15-18-6-10-20(27)11-7-18/h4-14,28H,15H2,1-3H3. The Morgan fingerprint density at radius 2 is 1.59 bits per heavy atom. The van der Waals surface area contributed by atoms with E-state index in [4.69, 9.17) is 4.74 Å². The van der Waals surface area contributed by atoms with Crippen molar-refractivity contribution in [3.63, 3.8) is 0 Å². The highest BCUT2D eigenvalue weighted by molar-refractivity contribution is 6.36. The van der Waals surface area contributed by atoms with Crippen molar-refractivity contribution < 1.29 is 18.7 Å². The smallest absolute Gasteiger partial charge is 0.278 e. The normalized spacial score (nSPS) is 13.7. The van der Waals surface area contributed by atoms with E-state index in [9.17, 15) is 14.0 Å². The Kier molecular flexibility index (Phi) is 5.77. The van der Waals surface area contributed by atoms with Crippen molar-refractivity contribution in [1.82, 2.24) is 4.90 Å². The zero-order chi connectivity index (χ0) is 22.8. The van der Waals surface area contributed by atoms with Crippen molar-refractivity contribution in [3.8, 4) is 5.75 Å². The van der Waals surface area contributed by atoms with E-state index in [2.05, 4.69) is 5.32 Å². The van der Waals surface area contributed by atoms with Gasteiger partial charge in [0, 0.05) is 5.69 Å². The van der Waals surface area contributed by atoms with Gasteiger partial charge in [-0.3, -0.25) is 14.5 Å². The van der Waals surface area contributed by atoms with Crippen LogP contribution in [0.5, 0.6) is 5.75 Å². The Morgan fingerprint density at radius 1 is 0.906 bits per heavy atom. The second kappa shape index (κ2) is 8.67. The highest BCUT2D eigenvalue weighted by Crippen LogP contribution is 2.33. The lowest BCUT2D eigenvalue weighted by atomic mass is 10.0. The van der Waals surface area contributed by atoms with Crippen LogP contribution in [0.1, 0.15) is 22.3 Å². The maximum atomic E-state index is 13.4. The molecule has 0 atom stereocenters. The minimum Gasteiger partial charge on any atom is -0.497 e. The van der Waals surface area contributed by atoms with Crippen LogP contribution in [-0.2, 0) is 16.1 Å². The SMILES string of the molecule is COc1ccc(C2=C(Nc3cc(C)ccc3C)C(=O)N(Cc3ccc(F)cc3)C2=O)cc1. The predicted octanol–water partition coefficient (Wildman–Crippen LogP) is 4.84. The van der Waals surface area contributed by atoms with Crippen LogP contribution in [0.3, 0.4) is 0 Å². The van der Waals surface area contributed by atoms with Crippen LogP contribution in [0.15, 0.2) is 72.4 Å². The summed E-state index contributed by atoms with van der Waals surface area (Å²) in [5.41, 5.74) is 4.53. The topological polar surface area (TPSA) is 58.6 Å². The Bertz CT molecular complexity index is 1210. The second-order valence-corrected chi connectivity index (χ2v) is 7.74. The average molecular weight is 430 g/mol. The van der Waals surface area contributed by atoms with E-state index in [1.165, 1.54) is 17.0 Å². The van der Waals surface area contributed by atoms with Crippen molar-refractivity contribution in [2.75, 3.05) is 12.4 Å². The first kappa shape index (κ1) is 21.3. The van der Waals surface area contributed by atoms with Gasteiger partial charge in [0.05, 0.1) is 19.2 Å². The summed E-state index contributed by atoms with van der Waals surface area (Å²) in [4.78, 5) is 28.0. The number of nitrogens with zero attached hydrogens (tertiary/aromatic N) is 1. The van der Waals surface area contributed by atoms with E-state index in [0.29, 0.717) is 22.4 Å². The van der Waals surface area contributed by atoms with Gasteiger partial charge in [0.1, 0.15) is 17.3 Å². The predicted molar refractivity (Wildman–Crippen MR) is 121 cm³/mol. The summed E-state index contributed by atoms with van der Waals surface area (Å²) in [5.74, 6) is -0.552. The van der Waals surface area contributed by atoms with Gasteiger partial charge >= 0.3 is 0 Å². The van der Waals surface area contributed by atoms with Crippen LogP contribution in [0.4, 0.5) is 10.1 Å². The highest BCUT2D eigenvalue weighted by Gasteiger charge is 2.39. The molecule has 2 amide bonds. The highest BCUT2D eigenvalue weighted by atomic mass is 19.1. The fourth-order valence-electron chi connectivity index (χ4n) is 3.64. The molecule has 1 aliphatic rings. The lowest BCUT2D eigenvalue weighted by Gasteiger charge is -2.16. The first-order valence-corrected chi connectivity index (χ1v) is 10.2. The monoisotopic (exact) mass is 430 g/mol. The number of nitrogens with one attached hydrogen (secondary N) is 1. The molecule has 0 saturated carbocycles. The zero-order valence-corrected chi connectivity index (χ0v) is 18.1. The quantitative estimate of drug-likeness (QED) is 0.569. The first-order chi connectivity index (χ1) is 15.4. The largest absolute Gasteiger partial charge is 0.497 e. The fraction of sp³-hybridized carbons (Fsp3) is 0.154. The minimum absolute atomic E-state index is 0.0512. The average Bonchev–Trinajstić information content (AvgIpc) is 3.02. The number of aryl methyl sites for hydroxylation is 2. The van der Waals surface area contributed by atoms with Gasteiger partial charge in [0.2, 0.25) is 0 Å². The number of halogens is 1. The van der Waals surface area contributed by atoms with Crippen molar-refractivity contribution in [2.24, 2.45) is 0 Å². The molecule has 5 nitrogen and oxygen atoms in total. The third kappa shape index (κ3) is 4.12. The van der Waals surface area contributed by atoms with Crippen molar-refractivity contribution in [2.45, 2.75) is 20.4 Å². The number of anilines is 1. The van der Waals surface area contributed by atoms with Gasteiger partial charge in [-0.2, -0.15) is 0 Å². The molecule has 0 aliphatic carbocycles. The lowest BCUT2D eigenvalue weighted by Crippen LogP contribution is -2.32. The first-order valence-electron chi connectivity index (χ1n) is 10.2. The Labute approximate surface area is 186 Å². The summed E-state index contributed by atoms with van der Waals surface area (Å²) in [7, 11) is 1.57. The van der Waals surface area contributed by atoms with Crippen LogP contribution >= 0.6 is 0 Å². The molecule has 0 spiro atoms. The van der Waals surface area contributed by atoms with E-state index in [1.54, 1.807) is 43.5 Å². The summed E-state index contributed by atoms with van der Waals surface area (Å²) in [6, 6.07) is 18.7. The van der Waals surface area contributed by atoms with Gasteiger partial charge in [0.15, 0.2) is 0 Å². The maximum absolute atomic E-state index is 13.4. The number of rotatable bonds is 6. The molecule has 0 fully saturated rings. The molecule has 3 aromatic carbocycles. The molecule has 162 valence electrons. The van der Waals surface area contributed by atoms with Crippen molar-refractivity contribution in [3.05, 3.63) is 100 Å². The summed E-state index contributed by atoms with van der Waals surface area (Å²) in [5, 5.41) is 3.21. The maximum Gasteiger partial charge on any atom is 0.278 e. The molecular formula is C26H23FN2O3. The molecule has 1 heterocycles. The third-order valence-electron chi connectivity index (χ3n) is 5.45. The van der Waals surface area contributed by atoms with E-state index in [1.807, 2.05) is 32.0 Å². The molecule has 1 N–H and O–H groups in total. The van der Waals surface area contributed by atoms with Crippen molar-refractivity contribution >= 4 is 23.1 Å². The Morgan fingerprint density at radius 3 is 2.25 bits per heavy atom. The van der Waals surface area contributed by atoms with E-state index < -0.39 is 11.8 Å². The Balaban J connectivity index is 1.76. The lowest BCUT2D eigenvalue weighted by molar-refractivity contribution is -0.137. The molecule has 1 aliphatic heterocycles. The molecule has 6 heteroatoms. The van der Waals surface area contributed by atoms with Crippen LogP contribution in [-0.4, -0.2) is 23.8 Å². The van der Waals surface area contributed by atoms with E-state index in [-0.39, 0.29) is 18.1 Å². The van der Waals surface area contributed by atoms with Gasteiger partial charge in [-0.05, 0) is 66.4 Å². The Hall–Kier alpha value is -3.93. The molecule has 0 saturated heterocycles. The number of benzene rings is 3. The van der Waals surface area contributed by atoms with Crippen LogP contribution in [0.25, 0.3) is 5.57 Å². The molecule has 0 unspecified atom stereocenters. The zero-order valence-electron chi connectivity index (χ0n) is 18.1. The van der Waals surface area contributed by atoms with Gasteiger partial charge in [-0.1, -0.05) is 36.4 Å². The molecule has 3 aromatic rings. The minimum atomic E-state index is -0.425. The number of ether oxygens (including phenoxy) is 1. The summed E-state index contributed by atoms with van der Waals surface area (Å²) in [6.45, 7) is 3.95. The van der Waals surface area contributed by atoms with Gasteiger partial charge < -0.3 is 10.1 Å². The third-order valence-corrected chi connectivity index (χ3v) is 5.45. The van der Waals surface area contributed by atoms with Gasteiger partial charge in [-0.25, -0.2) is 4.39 Å².